The van der Waals surface area contributed by atoms with Gasteiger partial charge in [-0.25, -0.2) is 0 Å². The Kier molecular flexibility index (Phi) is 8.55. The molecule has 2 aromatic carbocycles. The average Bonchev–Trinajstić information content (AvgIpc) is 3.15. The van der Waals surface area contributed by atoms with E-state index in [9.17, 15) is 0 Å². The van der Waals surface area contributed by atoms with Crippen molar-refractivity contribution in [2.75, 3.05) is 51.0 Å². The summed E-state index contributed by atoms with van der Waals surface area (Å²) in [5.41, 5.74) is 2.52. The third kappa shape index (κ3) is 5.16. The highest BCUT2D eigenvalue weighted by Crippen LogP contribution is 2.33. The normalized spacial score (nSPS) is 15.5. The average molecular weight is 427 g/mol. The molecule has 0 amide bonds. The van der Waals surface area contributed by atoms with Gasteiger partial charge < -0.3 is 19.1 Å². The molecule has 0 aromatic heterocycles. The van der Waals surface area contributed by atoms with E-state index < -0.39 is 0 Å². The molecule has 28 heavy (non-hydrogen) atoms. The SMILES string of the molecule is CCOc1ccccc1N1CCN(CCc2ccc3c(c2)OCO3)CC1.Cl.Cl. The number of rotatable bonds is 6. The van der Waals surface area contributed by atoms with Gasteiger partial charge in [0, 0.05) is 32.7 Å². The van der Waals surface area contributed by atoms with Crippen LogP contribution in [0.5, 0.6) is 17.2 Å². The smallest absolute Gasteiger partial charge is 0.231 e. The summed E-state index contributed by atoms with van der Waals surface area (Å²) in [4.78, 5) is 4.96. The number of anilines is 1. The van der Waals surface area contributed by atoms with Gasteiger partial charge in [0.15, 0.2) is 11.5 Å². The molecular weight excluding hydrogens is 399 g/mol. The molecule has 0 aliphatic carbocycles. The van der Waals surface area contributed by atoms with Gasteiger partial charge in [-0.05, 0) is 43.2 Å². The van der Waals surface area contributed by atoms with Gasteiger partial charge >= 0.3 is 0 Å². The first-order chi connectivity index (χ1) is 12.8. The molecule has 1 fully saturated rings. The minimum atomic E-state index is 0. The Labute approximate surface area is 179 Å². The highest BCUT2D eigenvalue weighted by Gasteiger charge is 2.20. The topological polar surface area (TPSA) is 34.2 Å². The van der Waals surface area contributed by atoms with Gasteiger partial charge in [-0.3, -0.25) is 4.90 Å². The summed E-state index contributed by atoms with van der Waals surface area (Å²) in [7, 11) is 0. The summed E-state index contributed by atoms with van der Waals surface area (Å²) in [6.45, 7) is 8.36. The van der Waals surface area contributed by atoms with Crippen molar-refractivity contribution in [3.63, 3.8) is 0 Å². The Morgan fingerprint density at radius 2 is 1.68 bits per heavy atom. The van der Waals surface area contributed by atoms with Gasteiger partial charge in [0.1, 0.15) is 5.75 Å². The highest BCUT2D eigenvalue weighted by atomic mass is 35.5. The lowest BCUT2D eigenvalue weighted by molar-refractivity contribution is 0.174. The first-order valence-corrected chi connectivity index (χ1v) is 9.41. The second kappa shape index (κ2) is 10.6. The van der Waals surface area contributed by atoms with Crippen molar-refractivity contribution >= 4 is 30.5 Å². The van der Waals surface area contributed by atoms with Crippen LogP contribution in [-0.4, -0.2) is 51.0 Å². The quantitative estimate of drug-likeness (QED) is 0.696. The van der Waals surface area contributed by atoms with Gasteiger partial charge in [-0.1, -0.05) is 18.2 Å². The van der Waals surface area contributed by atoms with E-state index in [1.165, 1.54) is 11.3 Å². The van der Waals surface area contributed by atoms with E-state index in [2.05, 4.69) is 40.1 Å². The lowest BCUT2D eigenvalue weighted by Crippen LogP contribution is -2.47. The summed E-state index contributed by atoms with van der Waals surface area (Å²) in [6, 6.07) is 14.6. The number of piperazine rings is 1. The van der Waals surface area contributed by atoms with Crippen LogP contribution >= 0.6 is 24.8 Å². The first kappa shape index (κ1) is 22.5. The molecule has 2 aliphatic rings. The van der Waals surface area contributed by atoms with E-state index in [0.29, 0.717) is 13.4 Å². The molecule has 0 unspecified atom stereocenters. The van der Waals surface area contributed by atoms with Gasteiger partial charge in [-0.2, -0.15) is 0 Å². The number of fused-ring (bicyclic) bond motifs is 1. The summed E-state index contributed by atoms with van der Waals surface area (Å²) in [5, 5.41) is 0. The molecule has 0 bridgehead atoms. The summed E-state index contributed by atoms with van der Waals surface area (Å²) < 4.78 is 16.6. The largest absolute Gasteiger partial charge is 0.492 e. The molecule has 7 heteroatoms. The first-order valence-electron chi connectivity index (χ1n) is 9.41. The van der Waals surface area contributed by atoms with Crippen molar-refractivity contribution in [1.82, 2.24) is 4.90 Å². The second-order valence-corrected chi connectivity index (χ2v) is 6.67. The third-order valence-corrected chi connectivity index (χ3v) is 5.03. The molecule has 2 heterocycles. The Bertz CT molecular complexity index is 752. The van der Waals surface area contributed by atoms with Crippen molar-refractivity contribution in [2.45, 2.75) is 13.3 Å². The summed E-state index contributed by atoms with van der Waals surface area (Å²) >= 11 is 0. The van der Waals surface area contributed by atoms with Crippen LogP contribution in [0.4, 0.5) is 5.69 Å². The molecule has 2 aromatic rings. The molecule has 154 valence electrons. The maximum absolute atomic E-state index is 5.78. The van der Waals surface area contributed by atoms with Crippen molar-refractivity contribution in [3.8, 4) is 17.2 Å². The van der Waals surface area contributed by atoms with E-state index in [1.54, 1.807) is 0 Å². The molecule has 0 radical (unpaired) electrons. The predicted molar refractivity (Wildman–Crippen MR) is 117 cm³/mol. The van der Waals surface area contributed by atoms with E-state index in [4.69, 9.17) is 14.2 Å². The van der Waals surface area contributed by atoms with Crippen molar-refractivity contribution in [1.29, 1.82) is 0 Å². The lowest BCUT2D eigenvalue weighted by Gasteiger charge is -2.36. The van der Waals surface area contributed by atoms with Gasteiger partial charge in [0.2, 0.25) is 6.79 Å². The Balaban J connectivity index is 0.00000140. The zero-order chi connectivity index (χ0) is 17.8. The molecular formula is C21H28Cl2N2O3. The van der Waals surface area contributed by atoms with Crippen LogP contribution < -0.4 is 19.1 Å². The van der Waals surface area contributed by atoms with Crippen LogP contribution in [0.2, 0.25) is 0 Å². The molecule has 1 saturated heterocycles. The standard InChI is InChI=1S/C21H26N2O3.2ClH/c1-2-24-19-6-4-3-5-18(19)23-13-11-22(12-14-23)10-9-17-7-8-20-21(15-17)26-16-25-20;;/h3-8,15H,2,9-14,16H2,1H3;2*1H. The number of para-hydroxylation sites is 2. The summed E-state index contributed by atoms with van der Waals surface area (Å²) in [5.74, 6) is 2.72. The number of nitrogens with zero attached hydrogens (tertiary/aromatic N) is 2. The van der Waals surface area contributed by atoms with Crippen molar-refractivity contribution in [3.05, 3.63) is 48.0 Å². The molecule has 5 nitrogen and oxygen atoms in total. The van der Waals surface area contributed by atoms with Gasteiger partial charge in [0.05, 0.1) is 12.3 Å². The highest BCUT2D eigenvalue weighted by molar-refractivity contribution is 5.85. The van der Waals surface area contributed by atoms with Crippen molar-refractivity contribution in [2.24, 2.45) is 0 Å². The van der Waals surface area contributed by atoms with Crippen LogP contribution in [0, 0.1) is 0 Å². The third-order valence-electron chi connectivity index (χ3n) is 5.03. The number of benzene rings is 2. The Morgan fingerprint density at radius 3 is 2.46 bits per heavy atom. The fraction of sp³-hybridized carbons (Fsp3) is 0.429. The molecule has 2 aliphatic heterocycles. The van der Waals surface area contributed by atoms with E-state index in [-0.39, 0.29) is 24.8 Å². The van der Waals surface area contributed by atoms with Gasteiger partial charge in [-0.15, -0.1) is 24.8 Å². The monoisotopic (exact) mass is 426 g/mol. The lowest BCUT2D eigenvalue weighted by atomic mass is 10.1. The molecule has 0 atom stereocenters. The Hall–Kier alpha value is -1.82. The minimum Gasteiger partial charge on any atom is -0.492 e. The van der Waals surface area contributed by atoms with Crippen LogP contribution in [-0.2, 0) is 6.42 Å². The predicted octanol–water partition coefficient (Wildman–Crippen LogP) is 4.02. The van der Waals surface area contributed by atoms with E-state index >= 15 is 0 Å². The zero-order valence-corrected chi connectivity index (χ0v) is 17.8. The molecule has 0 N–H and O–H groups in total. The minimum absolute atomic E-state index is 0. The number of halogens is 2. The van der Waals surface area contributed by atoms with Crippen LogP contribution in [0.25, 0.3) is 0 Å². The van der Waals surface area contributed by atoms with Crippen LogP contribution in [0.15, 0.2) is 42.5 Å². The fourth-order valence-corrected chi connectivity index (χ4v) is 3.59. The second-order valence-electron chi connectivity index (χ2n) is 6.67. The fourth-order valence-electron chi connectivity index (χ4n) is 3.59. The molecule has 4 rings (SSSR count). The Morgan fingerprint density at radius 1 is 0.929 bits per heavy atom. The summed E-state index contributed by atoms with van der Waals surface area (Å²) in [6.07, 6.45) is 1.03. The molecule has 0 saturated carbocycles. The van der Waals surface area contributed by atoms with E-state index in [0.717, 1.165) is 56.4 Å². The van der Waals surface area contributed by atoms with Crippen molar-refractivity contribution < 1.29 is 14.2 Å². The number of ether oxygens (including phenoxy) is 3. The van der Waals surface area contributed by atoms with Crippen LogP contribution in [0.1, 0.15) is 12.5 Å². The number of hydrogen-bond acceptors (Lipinski definition) is 5. The maximum Gasteiger partial charge on any atom is 0.231 e. The zero-order valence-electron chi connectivity index (χ0n) is 16.1. The van der Waals surface area contributed by atoms with Crippen LogP contribution in [0.3, 0.4) is 0 Å². The molecule has 0 spiro atoms. The van der Waals surface area contributed by atoms with E-state index in [1.807, 2.05) is 19.1 Å². The number of hydrogen-bond donors (Lipinski definition) is 0. The van der Waals surface area contributed by atoms with Gasteiger partial charge in [0.25, 0.3) is 0 Å². The maximum atomic E-state index is 5.78.